The third-order valence-electron chi connectivity index (χ3n) is 6.06. The third kappa shape index (κ3) is 12.6. The molecule has 3 rings (SSSR count). The van der Waals surface area contributed by atoms with E-state index in [4.69, 9.17) is 9.90 Å². The van der Waals surface area contributed by atoms with E-state index in [1.807, 2.05) is 0 Å². The molecule has 0 aliphatic carbocycles. The summed E-state index contributed by atoms with van der Waals surface area (Å²) in [5.41, 5.74) is 5.31. The second-order valence-electron chi connectivity index (χ2n) is 9.90. The van der Waals surface area contributed by atoms with E-state index in [2.05, 4.69) is 89.9 Å². The lowest BCUT2D eigenvalue weighted by Gasteiger charge is -2.32. The van der Waals surface area contributed by atoms with Crippen LogP contribution in [-0.2, 0) is 17.9 Å². The molecule has 206 valence electrons. The quantitative estimate of drug-likeness (QED) is 0.379. The van der Waals surface area contributed by atoms with Gasteiger partial charge in [-0.3, -0.25) is 0 Å². The van der Waals surface area contributed by atoms with Gasteiger partial charge in [0, 0.05) is 39.3 Å². The summed E-state index contributed by atoms with van der Waals surface area (Å²) < 4.78 is 31.7. The summed E-state index contributed by atoms with van der Waals surface area (Å²) in [5.74, 6) is -2.08. The Morgan fingerprint density at radius 2 is 1.46 bits per heavy atom. The predicted octanol–water partition coefficient (Wildman–Crippen LogP) is 4.46. The van der Waals surface area contributed by atoms with Crippen molar-refractivity contribution in [1.82, 2.24) is 20.4 Å². The number of rotatable bonds is 11. The lowest BCUT2D eigenvalue weighted by atomic mass is 10.0. The van der Waals surface area contributed by atoms with Crippen molar-refractivity contribution >= 4 is 5.97 Å². The van der Waals surface area contributed by atoms with E-state index >= 15 is 0 Å². The van der Waals surface area contributed by atoms with Crippen molar-refractivity contribution in [2.75, 3.05) is 52.9 Å². The molecule has 0 amide bonds. The Bertz CT molecular complexity index is 945. The molecule has 1 aliphatic rings. The van der Waals surface area contributed by atoms with Crippen molar-refractivity contribution in [3.05, 3.63) is 59.7 Å². The van der Waals surface area contributed by atoms with Gasteiger partial charge in [-0.25, -0.2) is 4.79 Å². The van der Waals surface area contributed by atoms with Crippen LogP contribution < -0.4 is 10.6 Å². The number of aliphatic carboxylic acids is 1. The molecule has 9 heteroatoms. The maximum absolute atomic E-state index is 10.6. The molecule has 0 aromatic heterocycles. The fraction of sp³-hybridized carbons (Fsp3) is 0.536. The van der Waals surface area contributed by atoms with E-state index in [0.717, 1.165) is 26.2 Å². The fourth-order valence-electron chi connectivity index (χ4n) is 3.96. The number of halogens is 3. The number of benzene rings is 2. The van der Waals surface area contributed by atoms with Crippen LogP contribution in [0.25, 0.3) is 11.1 Å². The molecule has 3 N–H and O–H groups in total. The minimum absolute atomic E-state index is 0.680. The summed E-state index contributed by atoms with van der Waals surface area (Å²) in [6, 6.07) is 17.9. The number of carbonyl (C=O) groups is 1. The summed E-state index contributed by atoms with van der Waals surface area (Å²) in [6.07, 6.45) is -3.87. The molecular formula is C28H41F3N4O2. The number of nitrogens with one attached hydrogen (secondary N) is 2. The average molecular weight is 523 g/mol. The highest BCUT2D eigenvalue weighted by molar-refractivity contribution is 5.73. The SMILES string of the molecule is CC(C)CNCc1cccc(-c2cccc(CNCCCN3CCN(C)CC3)c2)c1.O=C(O)C(F)(F)F. The van der Waals surface area contributed by atoms with Crippen LogP contribution in [0.3, 0.4) is 0 Å². The smallest absolute Gasteiger partial charge is 0.475 e. The summed E-state index contributed by atoms with van der Waals surface area (Å²) in [6.45, 7) is 14.5. The Balaban J connectivity index is 0.000000604. The molecule has 1 fully saturated rings. The van der Waals surface area contributed by atoms with Gasteiger partial charge in [-0.1, -0.05) is 50.2 Å². The van der Waals surface area contributed by atoms with Gasteiger partial charge in [0.05, 0.1) is 0 Å². The Morgan fingerprint density at radius 1 is 0.946 bits per heavy atom. The van der Waals surface area contributed by atoms with E-state index in [1.165, 1.54) is 61.4 Å². The Hall–Kier alpha value is -2.46. The number of carboxylic acids is 1. The van der Waals surface area contributed by atoms with Gasteiger partial charge in [0.1, 0.15) is 0 Å². The second-order valence-corrected chi connectivity index (χ2v) is 9.90. The molecule has 1 saturated heterocycles. The van der Waals surface area contributed by atoms with Crippen molar-refractivity contribution in [2.45, 2.75) is 39.5 Å². The van der Waals surface area contributed by atoms with E-state index in [0.29, 0.717) is 5.92 Å². The Kier molecular flexibility index (Phi) is 13.1. The first kappa shape index (κ1) is 30.8. The zero-order chi connectivity index (χ0) is 27.3. The Labute approximate surface area is 218 Å². The topological polar surface area (TPSA) is 67.8 Å². The maximum atomic E-state index is 10.6. The van der Waals surface area contributed by atoms with Crippen LogP contribution in [0.4, 0.5) is 13.2 Å². The molecule has 0 radical (unpaired) electrons. The van der Waals surface area contributed by atoms with Crippen molar-refractivity contribution in [3.63, 3.8) is 0 Å². The van der Waals surface area contributed by atoms with Gasteiger partial charge in [-0.2, -0.15) is 13.2 Å². The van der Waals surface area contributed by atoms with Gasteiger partial charge in [0.2, 0.25) is 0 Å². The molecule has 1 aliphatic heterocycles. The lowest BCUT2D eigenvalue weighted by molar-refractivity contribution is -0.192. The number of likely N-dealkylation sites (N-methyl/N-ethyl adjacent to an activating group) is 1. The molecule has 0 bridgehead atoms. The fourth-order valence-corrected chi connectivity index (χ4v) is 3.96. The van der Waals surface area contributed by atoms with Crippen LogP contribution in [-0.4, -0.2) is 79.9 Å². The highest BCUT2D eigenvalue weighted by atomic mass is 19.4. The maximum Gasteiger partial charge on any atom is 0.490 e. The molecule has 37 heavy (non-hydrogen) atoms. The minimum Gasteiger partial charge on any atom is -0.475 e. The van der Waals surface area contributed by atoms with Crippen molar-refractivity contribution in [2.24, 2.45) is 5.92 Å². The summed E-state index contributed by atoms with van der Waals surface area (Å²) in [7, 11) is 2.22. The first-order valence-electron chi connectivity index (χ1n) is 12.9. The van der Waals surface area contributed by atoms with Gasteiger partial charge in [0.15, 0.2) is 0 Å². The van der Waals surface area contributed by atoms with E-state index < -0.39 is 12.1 Å². The lowest BCUT2D eigenvalue weighted by Crippen LogP contribution is -2.45. The van der Waals surface area contributed by atoms with Gasteiger partial charge < -0.3 is 25.5 Å². The van der Waals surface area contributed by atoms with Gasteiger partial charge >= 0.3 is 12.1 Å². The molecule has 6 nitrogen and oxygen atoms in total. The standard InChI is InChI=1S/C26H40N4.C2HF3O2/c1-22(2)19-28-21-24-8-5-10-26(18-24)25-9-4-7-23(17-25)20-27-11-6-12-30-15-13-29(3)14-16-30;3-2(4,5)1(6)7/h4-5,7-10,17-18,22,27-28H,6,11-16,19-21H2,1-3H3;(H,6,7). The van der Waals surface area contributed by atoms with Gasteiger partial charge in [0.25, 0.3) is 0 Å². The monoisotopic (exact) mass is 522 g/mol. The largest absolute Gasteiger partial charge is 0.490 e. The summed E-state index contributed by atoms with van der Waals surface area (Å²) in [4.78, 5) is 13.9. The average Bonchev–Trinajstić information content (AvgIpc) is 2.85. The van der Waals surface area contributed by atoms with Crippen molar-refractivity contribution in [3.8, 4) is 11.1 Å². The molecule has 0 spiro atoms. The molecule has 0 unspecified atom stereocenters. The van der Waals surface area contributed by atoms with Crippen LogP contribution >= 0.6 is 0 Å². The minimum atomic E-state index is -5.08. The summed E-state index contributed by atoms with van der Waals surface area (Å²) >= 11 is 0. The molecule has 2 aromatic carbocycles. The second kappa shape index (κ2) is 15.7. The zero-order valence-electron chi connectivity index (χ0n) is 22.2. The normalized spacial score (nSPS) is 14.9. The van der Waals surface area contributed by atoms with Crippen LogP contribution in [0, 0.1) is 5.92 Å². The molecule has 1 heterocycles. The van der Waals surface area contributed by atoms with Crippen LogP contribution in [0.5, 0.6) is 0 Å². The summed E-state index contributed by atoms with van der Waals surface area (Å²) in [5, 5.41) is 14.3. The number of hydrogen-bond acceptors (Lipinski definition) is 5. The van der Waals surface area contributed by atoms with E-state index in [-0.39, 0.29) is 0 Å². The zero-order valence-corrected chi connectivity index (χ0v) is 22.2. The Morgan fingerprint density at radius 3 is 1.95 bits per heavy atom. The molecule has 0 atom stereocenters. The highest BCUT2D eigenvalue weighted by Gasteiger charge is 2.38. The van der Waals surface area contributed by atoms with E-state index in [1.54, 1.807) is 0 Å². The molecule has 2 aromatic rings. The number of hydrogen-bond donors (Lipinski definition) is 3. The van der Waals surface area contributed by atoms with Crippen LogP contribution in [0.2, 0.25) is 0 Å². The third-order valence-corrected chi connectivity index (χ3v) is 6.06. The molecular weight excluding hydrogens is 481 g/mol. The van der Waals surface area contributed by atoms with Crippen molar-refractivity contribution < 1.29 is 23.1 Å². The van der Waals surface area contributed by atoms with Gasteiger partial charge in [-0.15, -0.1) is 0 Å². The van der Waals surface area contributed by atoms with Crippen LogP contribution in [0.15, 0.2) is 48.5 Å². The first-order chi connectivity index (χ1) is 17.5. The van der Waals surface area contributed by atoms with Crippen LogP contribution in [0.1, 0.15) is 31.4 Å². The number of carboxylic acid groups (broad SMARTS) is 1. The predicted molar refractivity (Wildman–Crippen MR) is 142 cm³/mol. The highest BCUT2D eigenvalue weighted by Crippen LogP contribution is 2.22. The number of piperazine rings is 1. The first-order valence-corrected chi connectivity index (χ1v) is 12.9. The van der Waals surface area contributed by atoms with E-state index in [9.17, 15) is 13.2 Å². The van der Waals surface area contributed by atoms with Crippen molar-refractivity contribution in [1.29, 1.82) is 0 Å². The number of nitrogens with zero attached hydrogens (tertiary/aromatic N) is 2. The van der Waals surface area contributed by atoms with Gasteiger partial charge in [-0.05, 0) is 73.4 Å². The molecule has 0 saturated carbocycles. The number of alkyl halides is 3.